The fourth-order valence-corrected chi connectivity index (χ4v) is 2.42. The maximum absolute atomic E-state index is 10.9. The average molecular weight is 261 g/mol. The van der Waals surface area contributed by atoms with E-state index in [-0.39, 0.29) is 0 Å². The molecule has 0 saturated carbocycles. The highest BCUT2D eigenvalue weighted by atomic mass is 32.1. The second-order valence-electron chi connectivity index (χ2n) is 4.04. The summed E-state index contributed by atoms with van der Waals surface area (Å²) in [4.78, 5) is 16.6. The van der Waals surface area contributed by atoms with Crippen LogP contribution in [0, 0.1) is 13.8 Å². The van der Waals surface area contributed by atoms with Gasteiger partial charge in [-0.15, -0.1) is 11.3 Å². The first-order valence-corrected chi connectivity index (χ1v) is 6.44. The van der Waals surface area contributed by atoms with E-state index < -0.39 is 5.91 Å². The molecule has 0 aliphatic heterocycles. The number of nitrogens with two attached hydrogens (primary N) is 1. The molecule has 94 valence electrons. The van der Waals surface area contributed by atoms with E-state index in [1.165, 1.54) is 4.88 Å². The first-order valence-electron chi connectivity index (χ1n) is 5.63. The van der Waals surface area contributed by atoms with E-state index in [1.54, 1.807) is 23.5 Å². The molecule has 2 rings (SSSR count). The number of amides is 1. The van der Waals surface area contributed by atoms with Crippen molar-refractivity contribution in [3.05, 3.63) is 45.4 Å². The number of nitrogens with zero attached hydrogens (tertiary/aromatic N) is 1. The van der Waals surface area contributed by atoms with Crippen molar-refractivity contribution in [2.45, 2.75) is 20.4 Å². The van der Waals surface area contributed by atoms with Crippen molar-refractivity contribution in [2.75, 3.05) is 5.32 Å². The average Bonchev–Trinajstić information content (AvgIpc) is 2.67. The quantitative estimate of drug-likeness (QED) is 0.888. The molecule has 0 atom stereocenters. The molecule has 0 aliphatic carbocycles. The molecule has 1 amide bonds. The Morgan fingerprint density at radius 3 is 2.50 bits per heavy atom. The fourth-order valence-electron chi connectivity index (χ4n) is 1.54. The van der Waals surface area contributed by atoms with Crippen LogP contribution in [0.3, 0.4) is 0 Å². The number of carbonyl (C=O) groups excluding carboxylic acids is 1. The number of benzene rings is 1. The molecular formula is C13H15N3OS. The van der Waals surface area contributed by atoms with E-state index >= 15 is 0 Å². The Morgan fingerprint density at radius 1 is 1.33 bits per heavy atom. The van der Waals surface area contributed by atoms with Crippen LogP contribution in [-0.4, -0.2) is 10.9 Å². The number of rotatable bonds is 4. The lowest BCUT2D eigenvalue weighted by atomic mass is 10.2. The third kappa shape index (κ3) is 2.87. The molecule has 2 aromatic rings. The smallest absolute Gasteiger partial charge is 0.248 e. The summed E-state index contributed by atoms with van der Waals surface area (Å²) >= 11 is 1.69. The Bertz CT molecular complexity index is 541. The van der Waals surface area contributed by atoms with E-state index in [9.17, 15) is 4.79 Å². The summed E-state index contributed by atoms with van der Waals surface area (Å²) in [5, 5.41) is 4.32. The van der Waals surface area contributed by atoms with Crippen molar-refractivity contribution in [2.24, 2.45) is 5.73 Å². The maximum atomic E-state index is 10.9. The van der Waals surface area contributed by atoms with Crippen molar-refractivity contribution in [3.63, 3.8) is 0 Å². The van der Waals surface area contributed by atoms with Crippen molar-refractivity contribution in [3.8, 4) is 0 Å². The van der Waals surface area contributed by atoms with Crippen LogP contribution in [0.5, 0.6) is 0 Å². The highest BCUT2D eigenvalue weighted by Gasteiger charge is 2.04. The summed E-state index contributed by atoms with van der Waals surface area (Å²) < 4.78 is 0. The van der Waals surface area contributed by atoms with Crippen LogP contribution in [0.1, 0.15) is 25.9 Å². The molecule has 0 saturated heterocycles. The Labute approximate surface area is 110 Å². The Kier molecular flexibility index (Phi) is 3.62. The molecule has 18 heavy (non-hydrogen) atoms. The van der Waals surface area contributed by atoms with E-state index in [0.29, 0.717) is 12.1 Å². The Hall–Kier alpha value is -1.88. The minimum Gasteiger partial charge on any atom is -0.379 e. The number of hydrogen-bond donors (Lipinski definition) is 2. The minimum absolute atomic E-state index is 0.410. The second-order valence-corrected chi connectivity index (χ2v) is 5.33. The number of carbonyl (C=O) groups is 1. The number of anilines is 1. The van der Waals surface area contributed by atoms with Gasteiger partial charge in [-0.05, 0) is 38.1 Å². The summed E-state index contributed by atoms with van der Waals surface area (Å²) in [7, 11) is 0. The number of hydrogen-bond acceptors (Lipinski definition) is 4. The van der Waals surface area contributed by atoms with Crippen LogP contribution in [0.25, 0.3) is 0 Å². The van der Waals surface area contributed by atoms with E-state index in [2.05, 4.69) is 17.2 Å². The minimum atomic E-state index is -0.410. The lowest BCUT2D eigenvalue weighted by Crippen LogP contribution is -2.10. The molecule has 0 bridgehead atoms. The largest absolute Gasteiger partial charge is 0.379 e. The van der Waals surface area contributed by atoms with Gasteiger partial charge in [0.2, 0.25) is 5.91 Å². The molecule has 0 unspecified atom stereocenters. The molecule has 0 aliphatic rings. The molecular weight excluding hydrogens is 246 g/mol. The van der Waals surface area contributed by atoms with Gasteiger partial charge in [0.15, 0.2) is 0 Å². The number of aryl methyl sites for hydroxylation is 2. The summed E-state index contributed by atoms with van der Waals surface area (Å²) in [6.45, 7) is 4.77. The predicted octanol–water partition coefficient (Wildman–Crippen LogP) is 2.47. The molecule has 4 nitrogen and oxygen atoms in total. The normalized spacial score (nSPS) is 10.3. The zero-order chi connectivity index (χ0) is 13.1. The number of thiazole rings is 1. The van der Waals surface area contributed by atoms with E-state index in [0.717, 1.165) is 16.4 Å². The first-order chi connectivity index (χ1) is 8.56. The number of nitrogens with one attached hydrogen (secondary N) is 1. The first kappa shape index (κ1) is 12.6. The second kappa shape index (κ2) is 5.18. The molecule has 3 N–H and O–H groups in total. The third-order valence-corrected chi connectivity index (χ3v) is 3.76. The maximum Gasteiger partial charge on any atom is 0.248 e. The van der Waals surface area contributed by atoms with E-state index in [4.69, 9.17) is 5.73 Å². The van der Waals surface area contributed by atoms with Gasteiger partial charge in [-0.1, -0.05) is 0 Å². The molecule has 5 heteroatoms. The Balaban J connectivity index is 2.00. The summed E-state index contributed by atoms with van der Waals surface area (Å²) in [5.74, 6) is -0.410. The lowest BCUT2D eigenvalue weighted by molar-refractivity contribution is 0.100. The molecule has 1 aromatic heterocycles. The monoisotopic (exact) mass is 261 g/mol. The van der Waals surface area contributed by atoms with Gasteiger partial charge in [-0.25, -0.2) is 4.98 Å². The summed E-state index contributed by atoms with van der Waals surface area (Å²) in [6.07, 6.45) is 0. The molecule has 0 radical (unpaired) electrons. The van der Waals surface area contributed by atoms with Gasteiger partial charge in [0.25, 0.3) is 0 Å². The predicted molar refractivity (Wildman–Crippen MR) is 73.9 cm³/mol. The van der Waals surface area contributed by atoms with Gasteiger partial charge in [0.1, 0.15) is 5.01 Å². The zero-order valence-corrected chi connectivity index (χ0v) is 11.2. The van der Waals surface area contributed by atoms with Gasteiger partial charge >= 0.3 is 0 Å². The summed E-state index contributed by atoms with van der Waals surface area (Å²) in [6, 6.07) is 7.10. The van der Waals surface area contributed by atoms with Crippen LogP contribution in [-0.2, 0) is 6.54 Å². The van der Waals surface area contributed by atoms with Crippen LogP contribution in [0.4, 0.5) is 5.69 Å². The highest BCUT2D eigenvalue weighted by molar-refractivity contribution is 7.11. The SMILES string of the molecule is Cc1nc(CNc2ccc(C(N)=O)cc2)sc1C. The number of primary amides is 1. The lowest BCUT2D eigenvalue weighted by Gasteiger charge is -2.04. The van der Waals surface area contributed by atoms with Gasteiger partial charge in [-0.3, -0.25) is 4.79 Å². The van der Waals surface area contributed by atoms with Crippen molar-refractivity contribution >= 4 is 22.9 Å². The Morgan fingerprint density at radius 2 is 2.00 bits per heavy atom. The van der Waals surface area contributed by atoms with Gasteiger partial charge in [0.05, 0.1) is 12.2 Å². The van der Waals surface area contributed by atoms with Crippen molar-refractivity contribution in [1.82, 2.24) is 4.98 Å². The molecule has 0 spiro atoms. The van der Waals surface area contributed by atoms with Gasteiger partial charge < -0.3 is 11.1 Å². The van der Waals surface area contributed by atoms with Crippen LogP contribution >= 0.6 is 11.3 Å². The van der Waals surface area contributed by atoms with E-state index in [1.807, 2.05) is 19.1 Å². The van der Waals surface area contributed by atoms with Crippen molar-refractivity contribution < 1.29 is 4.79 Å². The number of aromatic nitrogens is 1. The summed E-state index contributed by atoms with van der Waals surface area (Å²) in [5.41, 5.74) is 7.73. The topological polar surface area (TPSA) is 68.0 Å². The zero-order valence-electron chi connectivity index (χ0n) is 10.4. The molecule has 0 fully saturated rings. The van der Waals surface area contributed by atoms with Crippen LogP contribution < -0.4 is 11.1 Å². The standard InChI is InChI=1S/C13H15N3OS/c1-8-9(2)18-12(16-8)7-15-11-5-3-10(4-6-11)13(14)17/h3-6,15H,7H2,1-2H3,(H2,14,17). The third-order valence-electron chi connectivity index (χ3n) is 2.69. The van der Waals surface area contributed by atoms with Crippen LogP contribution in [0.15, 0.2) is 24.3 Å². The van der Waals surface area contributed by atoms with Gasteiger partial charge in [-0.2, -0.15) is 0 Å². The van der Waals surface area contributed by atoms with Gasteiger partial charge in [0, 0.05) is 16.1 Å². The fraction of sp³-hybridized carbons (Fsp3) is 0.231. The molecule has 1 heterocycles. The molecule has 1 aromatic carbocycles. The van der Waals surface area contributed by atoms with Crippen LogP contribution in [0.2, 0.25) is 0 Å². The van der Waals surface area contributed by atoms with Crippen molar-refractivity contribution in [1.29, 1.82) is 0 Å². The highest BCUT2D eigenvalue weighted by Crippen LogP contribution is 2.18.